The monoisotopic (exact) mass is 351 g/mol. The van der Waals surface area contributed by atoms with Crippen molar-refractivity contribution < 1.29 is 9.47 Å². The first-order valence-corrected chi connectivity index (χ1v) is 6.49. The maximum absolute atomic E-state index is 5.35. The Labute approximate surface area is 113 Å². The third-order valence-electron chi connectivity index (χ3n) is 2.09. The van der Waals surface area contributed by atoms with Crippen molar-refractivity contribution >= 4 is 31.9 Å². The molecule has 3 nitrogen and oxygen atoms in total. The summed E-state index contributed by atoms with van der Waals surface area (Å²) in [6.45, 7) is 2.28. The second kappa shape index (κ2) is 7.27. The molecule has 1 rings (SSSR count). The third-order valence-corrected chi connectivity index (χ3v) is 3.13. The molecule has 16 heavy (non-hydrogen) atoms. The van der Waals surface area contributed by atoms with Crippen molar-refractivity contribution in [1.29, 1.82) is 0 Å². The van der Waals surface area contributed by atoms with Gasteiger partial charge in [-0.3, -0.25) is 0 Å². The molecule has 0 aliphatic carbocycles. The summed E-state index contributed by atoms with van der Waals surface area (Å²) in [5, 5.41) is 3.29. The van der Waals surface area contributed by atoms with E-state index in [0.717, 1.165) is 33.3 Å². The lowest BCUT2D eigenvalue weighted by Crippen LogP contribution is -2.19. The zero-order valence-electron chi connectivity index (χ0n) is 9.35. The average Bonchev–Trinajstić information content (AvgIpc) is 2.24. The van der Waals surface area contributed by atoms with Crippen molar-refractivity contribution in [3.05, 3.63) is 26.6 Å². The molecule has 1 aromatic carbocycles. The lowest BCUT2D eigenvalue weighted by molar-refractivity contribution is 0.199. The molecule has 0 saturated heterocycles. The first-order valence-electron chi connectivity index (χ1n) is 4.90. The molecular weight excluding hydrogens is 338 g/mol. The smallest absolute Gasteiger partial charge is 0.137 e. The Bertz CT molecular complexity index is 345. The highest BCUT2D eigenvalue weighted by Gasteiger charge is 2.08. The Hall–Kier alpha value is -0.100. The van der Waals surface area contributed by atoms with Crippen LogP contribution < -0.4 is 10.1 Å². The van der Waals surface area contributed by atoms with Crippen LogP contribution in [0.1, 0.15) is 5.56 Å². The van der Waals surface area contributed by atoms with Crippen LogP contribution in [-0.4, -0.2) is 27.4 Å². The number of nitrogens with one attached hydrogen (secondary N) is 1. The molecule has 0 unspecified atom stereocenters. The van der Waals surface area contributed by atoms with E-state index in [1.807, 2.05) is 12.1 Å². The molecule has 0 fully saturated rings. The summed E-state index contributed by atoms with van der Waals surface area (Å²) in [6.07, 6.45) is 0. The molecule has 0 amide bonds. The number of benzene rings is 1. The van der Waals surface area contributed by atoms with Crippen molar-refractivity contribution in [1.82, 2.24) is 5.32 Å². The highest BCUT2D eigenvalue weighted by Crippen LogP contribution is 2.32. The molecule has 0 aromatic heterocycles. The maximum Gasteiger partial charge on any atom is 0.137 e. The van der Waals surface area contributed by atoms with Crippen LogP contribution in [0.25, 0.3) is 0 Å². The molecule has 0 heterocycles. The molecule has 0 bridgehead atoms. The van der Waals surface area contributed by atoms with Gasteiger partial charge in [-0.1, -0.05) is 15.9 Å². The van der Waals surface area contributed by atoms with E-state index in [4.69, 9.17) is 9.47 Å². The van der Waals surface area contributed by atoms with Gasteiger partial charge in [0, 0.05) is 30.2 Å². The molecule has 0 atom stereocenters. The molecule has 0 aliphatic heterocycles. The Morgan fingerprint density at radius 2 is 2.00 bits per heavy atom. The van der Waals surface area contributed by atoms with E-state index in [1.54, 1.807) is 14.2 Å². The highest BCUT2D eigenvalue weighted by molar-refractivity contribution is 9.11. The van der Waals surface area contributed by atoms with Crippen LogP contribution in [0.4, 0.5) is 0 Å². The van der Waals surface area contributed by atoms with E-state index < -0.39 is 0 Å². The quantitative estimate of drug-likeness (QED) is 0.798. The van der Waals surface area contributed by atoms with Gasteiger partial charge in [-0.15, -0.1) is 0 Å². The standard InChI is InChI=1S/C11H15Br2NO2/c1-15-4-3-14-7-8-5-9(12)6-10(13)11(8)16-2/h5-6,14H,3-4,7H2,1-2H3. The zero-order chi connectivity index (χ0) is 12.0. The minimum absolute atomic E-state index is 0.706. The van der Waals surface area contributed by atoms with Gasteiger partial charge in [0.25, 0.3) is 0 Å². The van der Waals surface area contributed by atoms with Gasteiger partial charge in [0.2, 0.25) is 0 Å². The molecule has 1 aromatic rings. The SMILES string of the molecule is COCCNCc1cc(Br)cc(Br)c1OC. The van der Waals surface area contributed by atoms with Crippen LogP contribution in [0, 0.1) is 0 Å². The largest absolute Gasteiger partial charge is 0.495 e. The van der Waals surface area contributed by atoms with E-state index in [1.165, 1.54) is 0 Å². The number of methoxy groups -OCH3 is 2. The Kier molecular flexibility index (Phi) is 6.34. The fourth-order valence-corrected chi connectivity index (χ4v) is 2.85. The van der Waals surface area contributed by atoms with Crippen molar-refractivity contribution in [2.45, 2.75) is 6.54 Å². The summed E-state index contributed by atoms with van der Waals surface area (Å²) >= 11 is 6.93. The summed E-state index contributed by atoms with van der Waals surface area (Å²) in [7, 11) is 3.37. The molecule has 0 aliphatic rings. The number of rotatable bonds is 6. The molecule has 0 radical (unpaired) electrons. The van der Waals surface area contributed by atoms with Gasteiger partial charge in [-0.2, -0.15) is 0 Å². The summed E-state index contributed by atoms with van der Waals surface area (Å²) < 4.78 is 12.3. The van der Waals surface area contributed by atoms with Gasteiger partial charge in [0.15, 0.2) is 0 Å². The summed E-state index contributed by atoms with van der Waals surface area (Å²) in [5.74, 6) is 0.869. The van der Waals surface area contributed by atoms with Gasteiger partial charge in [0.1, 0.15) is 5.75 Å². The van der Waals surface area contributed by atoms with Crippen molar-refractivity contribution in [3.8, 4) is 5.75 Å². The van der Waals surface area contributed by atoms with E-state index in [9.17, 15) is 0 Å². The van der Waals surface area contributed by atoms with Crippen LogP contribution >= 0.6 is 31.9 Å². The van der Waals surface area contributed by atoms with E-state index >= 15 is 0 Å². The predicted octanol–water partition coefficient (Wildman–Crippen LogP) is 2.96. The minimum atomic E-state index is 0.706. The van der Waals surface area contributed by atoms with Crippen LogP contribution in [0.5, 0.6) is 5.75 Å². The van der Waals surface area contributed by atoms with Crippen LogP contribution in [0.15, 0.2) is 21.1 Å². The fourth-order valence-electron chi connectivity index (χ4n) is 1.37. The van der Waals surface area contributed by atoms with Crippen LogP contribution in [0.2, 0.25) is 0 Å². The van der Waals surface area contributed by atoms with Gasteiger partial charge < -0.3 is 14.8 Å². The molecule has 5 heteroatoms. The summed E-state index contributed by atoms with van der Waals surface area (Å²) in [4.78, 5) is 0. The van der Waals surface area contributed by atoms with Gasteiger partial charge in [-0.05, 0) is 28.1 Å². The Morgan fingerprint density at radius 3 is 2.62 bits per heavy atom. The van der Waals surface area contributed by atoms with E-state index in [2.05, 4.69) is 37.2 Å². The van der Waals surface area contributed by atoms with Gasteiger partial charge in [0.05, 0.1) is 18.2 Å². The molecule has 0 spiro atoms. The fraction of sp³-hybridized carbons (Fsp3) is 0.455. The number of hydrogen-bond donors (Lipinski definition) is 1. The lowest BCUT2D eigenvalue weighted by Gasteiger charge is -2.12. The van der Waals surface area contributed by atoms with E-state index in [0.29, 0.717) is 6.61 Å². The van der Waals surface area contributed by atoms with Crippen molar-refractivity contribution in [3.63, 3.8) is 0 Å². The van der Waals surface area contributed by atoms with Crippen LogP contribution in [0.3, 0.4) is 0 Å². The molecule has 1 N–H and O–H groups in total. The highest BCUT2D eigenvalue weighted by atomic mass is 79.9. The predicted molar refractivity (Wildman–Crippen MR) is 72.0 cm³/mol. The molecule has 90 valence electrons. The lowest BCUT2D eigenvalue weighted by atomic mass is 10.2. The third kappa shape index (κ3) is 4.05. The number of halogens is 2. The maximum atomic E-state index is 5.35. The number of ether oxygens (including phenoxy) is 2. The Balaban J connectivity index is 2.69. The zero-order valence-corrected chi connectivity index (χ0v) is 12.5. The second-order valence-corrected chi connectivity index (χ2v) is 5.02. The topological polar surface area (TPSA) is 30.5 Å². The first-order chi connectivity index (χ1) is 7.69. The summed E-state index contributed by atoms with van der Waals surface area (Å²) in [5.41, 5.74) is 1.11. The van der Waals surface area contributed by atoms with Crippen LogP contribution in [-0.2, 0) is 11.3 Å². The normalized spacial score (nSPS) is 10.5. The first kappa shape index (κ1) is 14.0. The number of hydrogen-bond acceptors (Lipinski definition) is 3. The average molecular weight is 353 g/mol. The van der Waals surface area contributed by atoms with Gasteiger partial charge >= 0.3 is 0 Å². The summed E-state index contributed by atoms with van der Waals surface area (Å²) in [6, 6.07) is 4.01. The van der Waals surface area contributed by atoms with Crippen molar-refractivity contribution in [2.24, 2.45) is 0 Å². The molecular formula is C11H15Br2NO2. The molecule has 0 saturated carbocycles. The van der Waals surface area contributed by atoms with Crippen molar-refractivity contribution in [2.75, 3.05) is 27.4 Å². The van der Waals surface area contributed by atoms with Gasteiger partial charge in [-0.25, -0.2) is 0 Å². The second-order valence-electron chi connectivity index (χ2n) is 3.25. The van der Waals surface area contributed by atoms with E-state index in [-0.39, 0.29) is 0 Å². The Morgan fingerprint density at radius 1 is 1.25 bits per heavy atom. The minimum Gasteiger partial charge on any atom is -0.495 e.